The van der Waals surface area contributed by atoms with E-state index >= 15 is 0 Å². The number of unbranched alkanes of at least 4 members (excludes halogenated alkanes) is 1. The van der Waals surface area contributed by atoms with Crippen molar-refractivity contribution >= 4 is 14.2 Å². The van der Waals surface area contributed by atoms with Gasteiger partial charge in [0.05, 0.1) is 4.92 Å². The van der Waals surface area contributed by atoms with Crippen LogP contribution in [0.25, 0.3) is 0 Å². The molecule has 0 N–H and O–H groups in total. The maximum absolute atomic E-state index is 10.5. The lowest BCUT2D eigenvalue weighted by Crippen LogP contribution is -2.38. The molecule has 0 spiro atoms. The maximum atomic E-state index is 10.5. The normalized spacial score (nSPS) is 11.3. The molecule has 0 unspecified atom stereocenters. The number of hydrogen-bond donors (Lipinski definition) is 0. The Morgan fingerprint density at radius 2 is 1.89 bits per heavy atom. The minimum absolute atomic E-state index is 0.0636. The second-order valence-corrected chi connectivity index (χ2v) is 7.75. The topological polar surface area (TPSA) is 61.6 Å². The number of benzene rings is 1. The van der Waals surface area contributed by atoms with Gasteiger partial charge in [-0.1, -0.05) is 13.3 Å². The molecule has 5 nitrogen and oxygen atoms in total. The van der Waals surface area contributed by atoms with Gasteiger partial charge in [0, 0.05) is 18.7 Å². The van der Waals surface area contributed by atoms with Gasteiger partial charge in [-0.25, -0.2) is 0 Å². The molecular formula is C12H19NO4Si. The minimum Gasteiger partial charge on any atom is -0.520 e. The molecule has 0 heterocycles. The Kier molecular flexibility index (Phi) is 5.30. The van der Waals surface area contributed by atoms with Crippen molar-refractivity contribution in [2.45, 2.75) is 32.9 Å². The lowest BCUT2D eigenvalue weighted by molar-refractivity contribution is -0.384. The molecule has 1 rings (SSSR count). The molecule has 100 valence electrons. The van der Waals surface area contributed by atoms with Crippen LogP contribution in [0, 0.1) is 10.1 Å². The van der Waals surface area contributed by atoms with Gasteiger partial charge in [-0.05, 0) is 31.6 Å². The van der Waals surface area contributed by atoms with Gasteiger partial charge in [0.1, 0.15) is 5.75 Å². The van der Waals surface area contributed by atoms with Crippen LogP contribution in [0.2, 0.25) is 13.1 Å². The molecule has 0 aliphatic carbocycles. The number of nitro groups is 1. The molecule has 0 bridgehead atoms. The first-order chi connectivity index (χ1) is 8.44. The molecule has 18 heavy (non-hydrogen) atoms. The lowest BCUT2D eigenvalue weighted by Gasteiger charge is -2.23. The van der Waals surface area contributed by atoms with E-state index in [4.69, 9.17) is 8.85 Å². The Labute approximate surface area is 108 Å². The van der Waals surface area contributed by atoms with Crippen LogP contribution in [-0.2, 0) is 4.43 Å². The van der Waals surface area contributed by atoms with E-state index in [-0.39, 0.29) is 5.69 Å². The van der Waals surface area contributed by atoms with Gasteiger partial charge in [0.25, 0.3) is 5.69 Å². The monoisotopic (exact) mass is 269 g/mol. The van der Waals surface area contributed by atoms with E-state index in [0.717, 1.165) is 12.8 Å². The van der Waals surface area contributed by atoms with Crippen molar-refractivity contribution in [2.75, 3.05) is 6.61 Å². The SMILES string of the molecule is CCCCO[Si](C)(C)Oc1ccc([N+](=O)[O-])cc1. The van der Waals surface area contributed by atoms with E-state index in [1.807, 2.05) is 13.1 Å². The molecule has 0 atom stereocenters. The number of nitrogens with zero attached hydrogens (tertiary/aromatic N) is 1. The summed E-state index contributed by atoms with van der Waals surface area (Å²) in [6, 6.07) is 6.09. The van der Waals surface area contributed by atoms with Gasteiger partial charge >= 0.3 is 8.56 Å². The molecule has 0 saturated heterocycles. The number of non-ortho nitro benzene ring substituents is 1. The van der Waals surface area contributed by atoms with Crippen molar-refractivity contribution in [3.8, 4) is 5.75 Å². The van der Waals surface area contributed by atoms with Gasteiger partial charge in [0.15, 0.2) is 0 Å². The van der Waals surface area contributed by atoms with E-state index in [9.17, 15) is 10.1 Å². The fourth-order valence-corrected chi connectivity index (χ4v) is 2.81. The van der Waals surface area contributed by atoms with E-state index in [1.165, 1.54) is 12.1 Å². The average molecular weight is 269 g/mol. The Hall–Kier alpha value is -1.40. The lowest BCUT2D eigenvalue weighted by atomic mass is 10.3. The Morgan fingerprint density at radius 3 is 2.39 bits per heavy atom. The first kappa shape index (κ1) is 14.7. The van der Waals surface area contributed by atoms with Gasteiger partial charge in [0.2, 0.25) is 0 Å². The second kappa shape index (κ2) is 6.51. The highest BCUT2D eigenvalue weighted by molar-refractivity contribution is 6.65. The summed E-state index contributed by atoms with van der Waals surface area (Å²) >= 11 is 0. The molecule has 0 radical (unpaired) electrons. The largest absolute Gasteiger partial charge is 0.520 e. The molecule has 0 amide bonds. The molecule has 0 aliphatic rings. The third-order valence-corrected chi connectivity index (χ3v) is 3.99. The fraction of sp³-hybridized carbons (Fsp3) is 0.500. The van der Waals surface area contributed by atoms with Crippen LogP contribution in [0.15, 0.2) is 24.3 Å². The first-order valence-corrected chi connectivity index (χ1v) is 8.83. The smallest absolute Gasteiger partial charge is 0.392 e. The van der Waals surface area contributed by atoms with Crippen molar-refractivity contribution in [3.05, 3.63) is 34.4 Å². The van der Waals surface area contributed by atoms with Crippen LogP contribution in [0.5, 0.6) is 5.75 Å². The molecule has 0 aromatic heterocycles. The van der Waals surface area contributed by atoms with Crippen LogP contribution in [0.3, 0.4) is 0 Å². The summed E-state index contributed by atoms with van der Waals surface area (Å²) in [5.41, 5.74) is 0.0636. The molecule has 0 aliphatic heterocycles. The zero-order chi connectivity index (χ0) is 13.6. The fourth-order valence-electron chi connectivity index (χ4n) is 1.41. The predicted octanol–water partition coefficient (Wildman–Crippen LogP) is 3.49. The van der Waals surface area contributed by atoms with Gasteiger partial charge < -0.3 is 8.85 Å². The second-order valence-electron chi connectivity index (χ2n) is 4.45. The number of rotatable bonds is 7. The minimum atomic E-state index is -2.20. The molecular weight excluding hydrogens is 250 g/mol. The van der Waals surface area contributed by atoms with Gasteiger partial charge in [-0.15, -0.1) is 0 Å². The first-order valence-electron chi connectivity index (χ1n) is 6.02. The third-order valence-electron chi connectivity index (χ3n) is 2.36. The summed E-state index contributed by atoms with van der Waals surface area (Å²) in [4.78, 5) is 10.1. The van der Waals surface area contributed by atoms with Crippen LogP contribution in [-0.4, -0.2) is 20.1 Å². The summed E-state index contributed by atoms with van der Waals surface area (Å²) in [6.07, 6.45) is 2.10. The molecule has 1 aromatic carbocycles. The van der Waals surface area contributed by atoms with Crippen molar-refractivity contribution < 1.29 is 13.8 Å². The van der Waals surface area contributed by atoms with Gasteiger partial charge in [-0.2, -0.15) is 0 Å². The highest BCUT2D eigenvalue weighted by atomic mass is 28.4. The van der Waals surface area contributed by atoms with E-state index < -0.39 is 13.5 Å². The zero-order valence-corrected chi connectivity index (χ0v) is 12.0. The maximum Gasteiger partial charge on any atom is 0.392 e. The van der Waals surface area contributed by atoms with Gasteiger partial charge in [-0.3, -0.25) is 10.1 Å². The average Bonchev–Trinajstić information content (AvgIpc) is 2.29. The standard InChI is InChI=1S/C12H19NO4Si/c1-4-5-10-16-18(2,3)17-12-8-6-11(7-9-12)13(14)15/h6-9H,4-5,10H2,1-3H3. The number of nitro benzene ring substituents is 1. The third kappa shape index (κ3) is 4.85. The number of hydrogen-bond acceptors (Lipinski definition) is 4. The van der Waals surface area contributed by atoms with Crippen LogP contribution < -0.4 is 4.43 Å². The van der Waals surface area contributed by atoms with Crippen molar-refractivity contribution in [2.24, 2.45) is 0 Å². The highest BCUT2D eigenvalue weighted by Gasteiger charge is 2.26. The Balaban J connectivity index is 2.57. The Morgan fingerprint density at radius 1 is 1.28 bits per heavy atom. The zero-order valence-electron chi connectivity index (χ0n) is 11.0. The predicted molar refractivity (Wildman–Crippen MR) is 72.1 cm³/mol. The van der Waals surface area contributed by atoms with Crippen molar-refractivity contribution in [1.29, 1.82) is 0 Å². The van der Waals surface area contributed by atoms with E-state index in [2.05, 4.69) is 6.92 Å². The highest BCUT2D eigenvalue weighted by Crippen LogP contribution is 2.21. The van der Waals surface area contributed by atoms with Crippen LogP contribution in [0.1, 0.15) is 19.8 Å². The summed E-state index contributed by atoms with van der Waals surface area (Å²) in [7, 11) is -2.20. The Bertz CT molecular complexity index is 392. The van der Waals surface area contributed by atoms with Crippen molar-refractivity contribution in [1.82, 2.24) is 0 Å². The summed E-state index contributed by atoms with van der Waals surface area (Å²) in [6.45, 7) is 6.73. The molecule has 6 heteroatoms. The summed E-state index contributed by atoms with van der Waals surface area (Å²) in [5, 5.41) is 10.5. The summed E-state index contributed by atoms with van der Waals surface area (Å²) in [5.74, 6) is 0.619. The quantitative estimate of drug-likeness (QED) is 0.329. The summed E-state index contributed by atoms with van der Waals surface area (Å²) < 4.78 is 11.5. The molecule has 0 saturated carbocycles. The van der Waals surface area contributed by atoms with E-state index in [0.29, 0.717) is 12.4 Å². The van der Waals surface area contributed by atoms with Crippen molar-refractivity contribution in [3.63, 3.8) is 0 Å². The molecule has 1 aromatic rings. The van der Waals surface area contributed by atoms with Crippen LogP contribution in [0.4, 0.5) is 5.69 Å². The molecule has 0 fully saturated rings. The van der Waals surface area contributed by atoms with Crippen LogP contribution >= 0.6 is 0 Å². The van der Waals surface area contributed by atoms with E-state index in [1.54, 1.807) is 12.1 Å².